The Morgan fingerprint density at radius 1 is 1.06 bits per heavy atom. The second-order valence-electron chi connectivity index (χ2n) is 5.30. The van der Waals surface area contributed by atoms with E-state index in [0.29, 0.717) is 5.92 Å². The van der Waals surface area contributed by atoms with Gasteiger partial charge >= 0.3 is 0 Å². The minimum Gasteiger partial charge on any atom is -0.330 e. The topological polar surface area (TPSA) is 26.0 Å². The molecular weight excluding hydrogens is 218 g/mol. The fourth-order valence-electron chi connectivity index (χ4n) is 2.60. The van der Waals surface area contributed by atoms with Crippen molar-refractivity contribution in [2.24, 2.45) is 11.7 Å². The molecule has 0 saturated heterocycles. The molecule has 0 aliphatic heterocycles. The van der Waals surface area contributed by atoms with Gasteiger partial charge in [0.25, 0.3) is 0 Å². The van der Waals surface area contributed by atoms with Crippen LogP contribution in [0.2, 0.25) is 0 Å². The summed E-state index contributed by atoms with van der Waals surface area (Å²) in [7, 11) is 0. The molecule has 0 radical (unpaired) electrons. The summed E-state index contributed by atoms with van der Waals surface area (Å²) in [5.74, 6) is 0.716. The van der Waals surface area contributed by atoms with Crippen LogP contribution in [0.3, 0.4) is 0 Å². The minimum atomic E-state index is 0.716. The summed E-state index contributed by atoms with van der Waals surface area (Å²) in [6.07, 6.45) is 3.52. The van der Waals surface area contributed by atoms with Gasteiger partial charge in [-0.3, -0.25) is 0 Å². The highest BCUT2D eigenvalue weighted by Crippen LogP contribution is 2.24. The molecule has 2 N–H and O–H groups in total. The fraction of sp³-hybridized carbons (Fsp3) is 0.412. The Hall–Kier alpha value is -1.34. The third-order valence-electron chi connectivity index (χ3n) is 3.82. The molecule has 0 spiro atoms. The van der Waals surface area contributed by atoms with Gasteiger partial charge in [0.2, 0.25) is 0 Å². The molecule has 0 heterocycles. The first-order valence-electron chi connectivity index (χ1n) is 6.89. The first-order valence-corrected chi connectivity index (χ1v) is 6.89. The van der Waals surface area contributed by atoms with Crippen molar-refractivity contribution >= 4 is 10.8 Å². The van der Waals surface area contributed by atoms with Crippen molar-refractivity contribution in [2.45, 2.75) is 33.1 Å². The van der Waals surface area contributed by atoms with Crippen molar-refractivity contribution in [3.8, 4) is 0 Å². The highest BCUT2D eigenvalue weighted by atomic mass is 14.5. The summed E-state index contributed by atoms with van der Waals surface area (Å²) in [5, 5.41) is 2.77. The van der Waals surface area contributed by atoms with Crippen LogP contribution in [0.25, 0.3) is 10.8 Å². The summed E-state index contributed by atoms with van der Waals surface area (Å²) >= 11 is 0. The van der Waals surface area contributed by atoms with Crippen LogP contribution in [-0.2, 0) is 6.42 Å². The Labute approximate surface area is 110 Å². The number of benzene rings is 2. The summed E-state index contributed by atoms with van der Waals surface area (Å²) in [6.45, 7) is 5.32. The molecule has 1 unspecified atom stereocenters. The highest BCUT2D eigenvalue weighted by Gasteiger charge is 2.07. The molecule has 18 heavy (non-hydrogen) atoms. The molecule has 2 rings (SSSR count). The lowest BCUT2D eigenvalue weighted by atomic mass is 9.92. The van der Waals surface area contributed by atoms with E-state index in [0.717, 1.165) is 19.4 Å². The van der Waals surface area contributed by atoms with Gasteiger partial charge in [-0.15, -0.1) is 0 Å². The number of aryl methyl sites for hydroxylation is 2. The number of hydrogen-bond donors (Lipinski definition) is 1. The minimum absolute atomic E-state index is 0.716. The van der Waals surface area contributed by atoms with Crippen LogP contribution in [-0.4, -0.2) is 6.54 Å². The van der Waals surface area contributed by atoms with Gasteiger partial charge in [-0.25, -0.2) is 0 Å². The number of fused-ring (bicyclic) bond motifs is 1. The Bertz CT molecular complexity index is 516. The van der Waals surface area contributed by atoms with E-state index in [1.54, 1.807) is 0 Å². The van der Waals surface area contributed by atoms with Crippen LogP contribution < -0.4 is 5.73 Å². The van der Waals surface area contributed by atoms with Crippen molar-refractivity contribution in [3.63, 3.8) is 0 Å². The molecule has 0 bridgehead atoms. The Balaban J connectivity index is 2.23. The third kappa shape index (κ3) is 2.91. The molecule has 0 fully saturated rings. The van der Waals surface area contributed by atoms with Gasteiger partial charge in [0.15, 0.2) is 0 Å². The molecule has 0 aromatic heterocycles. The quantitative estimate of drug-likeness (QED) is 0.839. The second kappa shape index (κ2) is 6.01. The normalized spacial score (nSPS) is 12.8. The zero-order valence-corrected chi connectivity index (χ0v) is 11.4. The van der Waals surface area contributed by atoms with Gasteiger partial charge in [-0.1, -0.05) is 43.3 Å². The zero-order valence-electron chi connectivity index (χ0n) is 11.4. The van der Waals surface area contributed by atoms with Gasteiger partial charge in [0.05, 0.1) is 0 Å². The molecule has 2 aromatic carbocycles. The predicted molar refractivity (Wildman–Crippen MR) is 79.8 cm³/mol. The predicted octanol–water partition coefficient (Wildman–Crippen LogP) is 4.07. The molecule has 0 saturated carbocycles. The van der Waals surface area contributed by atoms with Crippen LogP contribution in [0.5, 0.6) is 0 Å². The van der Waals surface area contributed by atoms with Crippen molar-refractivity contribution < 1.29 is 0 Å². The first-order chi connectivity index (χ1) is 8.72. The first kappa shape index (κ1) is 13.1. The maximum absolute atomic E-state index is 5.62. The lowest BCUT2D eigenvalue weighted by Gasteiger charge is -2.13. The highest BCUT2D eigenvalue weighted by molar-refractivity contribution is 5.86. The SMILES string of the molecule is Cc1ccc2ccccc2c1CCC(C)CCN. The monoisotopic (exact) mass is 241 g/mol. The summed E-state index contributed by atoms with van der Waals surface area (Å²) in [4.78, 5) is 0. The molecule has 0 amide bonds. The Kier molecular flexibility index (Phi) is 4.38. The molecule has 0 aliphatic rings. The van der Waals surface area contributed by atoms with E-state index in [9.17, 15) is 0 Å². The van der Waals surface area contributed by atoms with Crippen molar-refractivity contribution in [1.82, 2.24) is 0 Å². The van der Waals surface area contributed by atoms with E-state index >= 15 is 0 Å². The van der Waals surface area contributed by atoms with Gasteiger partial charge in [-0.05, 0) is 60.5 Å². The van der Waals surface area contributed by atoms with Crippen LogP contribution in [0.1, 0.15) is 30.9 Å². The van der Waals surface area contributed by atoms with E-state index in [2.05, 4.69) is 50.2 Å². The number of nitrogens with two attached hydrogens (primary N) is 1. The lowest BCUT2D eigenvalue weighted by Crippen LogP contribution is -2.07. The lowest BCUT2D eigenvalue weighted by molar-refractivity contribution is 0.500. The van der Waals surface area contributed by atoms with Crippen LogP contribution in [0.4, 0.5) is 0 Å². The van der Waals surface area contributed by atoms with Crippen molar-refractivity contribution in [2.75, 3.05) is 6.54 Å². The third-order valence-corrected chi connectivity index (χ3v) is 3.82. The number of rotatable bonds is 5. The number of hydrogen-bond acceptors (Lipinski definition) is 1. The van der Waals surface area contributed by atoms with E-state index < -0.39 is 0 Å². The Morgan fingerprint density at radius 2 is 1.83 bits per heavy atom. The summed E-state index contributed by atoms with van der Waals surface area (Å²) in [5.41, 5.74) is 8.54. The smallest absolute Gasteiger partial charge is 0.00747 e. The summed E-state index contributed by atoms with van der Waals surface area (Å²) < 4.78 is 0. The molecule has 1 atom stereocenters. The van der Waals surface area contributed by atoms with Gasteiger partial charge in [-0.2, -0.15) is 0 Å². The van der Waals surface area contributed by atoms with Gasteiger partial charge < -0.3 is 5.73 Å². The average molecular weight is 241 g/mol. The van der Waals surface area contributed by atoms with Crippen LogP contribution in [0, 0.1) is 12.8 Å². The molecule has 2 aromatic rings. The maximum Gasteiger partial charge on any atom is -0.00747 e. The van der Waals surface area contributed by atoms with E-state index in [-0.39, 0.29) is 0 Å². The molecule has 1 heteroatoms. The zero-order chi connectivity index (χ0) is 13.0. The second-order valence-corrected chi connectivity index (χ2v) is 5.30. The molecule has 0 aliphatic carbocycles. The molecule has 96 valence electrons. The van der Waals surface area contributed by atoms with Gasteiger partial charge in [0, 0.05) is 0 Å². The van der Waals surface area contributed by atoms with Crippen molar-refractivity contribution in [1.29, 1.82) is 0 Å². The average Bonchev–Trinajstić information content (AvgIpc) is 2.38. The molecular formula is C17H23N. The maximum atomic E-state index is 5.62. The van der Waals surface area contributed by atoms with Crippen LogP contribution in [0.15, 0.2) is 36.4 Å². The fourth-order valence-corrected chi connectivity index (χ4v) is 2.60. The van der Waals surface area contributed by atoms with E-state index in [1.807, 2.05) is 0 Å². The largest absolute Gasteiger partial charge is 0.330 e. The molecule has 1 nitrogen and oxygen atoms in total. The van der Waals surface area contributed by atoms with Crippen molar-refractivity contribution in [3.05, 3.63) is 47.5 Å². The Morgan fingerprint density at radius 3 is 2.61 bits per heavy atom. The van der Waals surface area contributed by atoms with Crippen LogP contribution >= 0.6 is 0 Å². The summed E-state index contributed by atoms with van der Waals surface area (Å²) in [6, 6.07) is 13.1. The van der Waals surface area contributed by atoms with E-state index in [4.69, 9.17) is 5.73 Å². The van der Waals surface area contributed by atoms with E-state index in [1.165, 1.54) is 28.3 Å². The van der Waals surface area contributed by atoms with Gasteiger partial charge in [0.1, 0.15) is 0 Å². The standard InChI is InChI=1S/C17H23N/c1-13(11-12-18)7-10-16-14(2)8-9-15-5-3-4-6-17(15)16/h3-6,8-9,13H,7,10-12,18H2,1-2H3.